The number of carboxylic acid groups (broad SMARTS) is 1. The Morgan fingerprint density at radius 3 is 2.50 bits per heavy atom. The average molecular weight is 415 g/mol. The summed E-state index contributed by atoms with van der Waals surface area (Å²) in [6.07, 6.45) is 2.25. The quantitative estimate of drug-likeness (QED) is 0.248. The van der Waals surface area contributed by atoms with Crippen LogP contribution in [0.25, 0.3) is 0 Å². The first-order chi connectivity index (χ1) is 14.4. The van der Waals surface area contributed by atoms with Crippen molar-refractivity contribution >= 4 is 24.0 Å². The fourth-order valence-electron chi connectivity index (χ4n) is 2.68. The van der Waals surface area contributed by atoms with Crippen LogP contribution in [0.4, 0.5) is 5.82 Å². The van der Waals surface area contributed by atoms with Crippen LogP contribution in [0.2, 0.25) is 0 Å². The van der Waals surface area contributed by atoms with Crippen molar-refractivity contribution in [3.63, 3.8) is 0 Å². The van der Waals surface area contributed by atoms with Gasteiger partial charge in [-0.05, 0) is 25.0 Å². The van der Waals surface area contributed by atoms with Crippen molar-refractivity contribution in [1.29, 1.82) is 10.8 Å². The first-order valence-corrected chi connectivity index (χ1v) is 9.12. The molecule has 0 aliphatic carbocycles. The van der Waals surface area contributed by atoms with Gasteiger partial charge in [-0.3, -0.25) is 10.8 Å². The number of carboxylic acids is 1. The molecule has 5 N–H and O–H groups in total. The van der Waals surface area contributed by atoms with Crippen LogP contribution in [-0.2, 0) is 0 Å². The number of rotatable bonds is 11. The van der Waals surface area contributed by atoms with E-state index >= 15 is 0 Å². The third-order valence-electron chi connectivity index (χ3n) is 4.22. The maximum atomic E-state index is 11.5. The molecule has 1 heterocycles. The number of hydrogen-bond acceptors (Lipinski definition) is 8. The number of aromatic nitrogens is 1. The predicted octanol–water partition coefficient (Wildman–Crippen LogP) is 2.47. The summed E-state index contributed by atoms with van der Waals surface area (Å²) in [6.45, 7) is 0.658. The Morgan fingerprint density at radius 2 is 1.90 bits per heavy atom. The zero-order chi connectivity index (χ0) is 22.1. The van der Waals surface area contributed by atoms with Gasteiger partial charge in [0.25, 0.3) is 0 Å². The van der Waals surface area contributed by atoms with Gasteiger partial charge in [0.1, 0.15) is 22.8 Å². The van der Waals surface area contributed by atoms with E-state index in [0.717, 1.165) is 6.34 Å². The number of methoxy groups -OCH3 is 2. The number of unbranched alkanes of at least 4 members (excludes halogenated alkanes) is 1. The monoisotopic (exact) mass is 415 g/mol. The maximum absolute atomic E-state index is 11.5. The van der Waals surface area contributed by atoms with Crippen molar-refractivity contribution in [1.82, 2.24) is 9.88 Å². The molecule has 30 heavy (non-hydrogen) atoms. The number of benzene rings is 1. The first kappa shape index (κ1) is 22.5. The van der Waals surface area contributed by atoms with E-state index in [9.17, 15) is 9.90 Å². The summed E-state index contributed by atoms with van der Waals surface area (Å²) in [5.41, 5.74) is 6.00. The Morgan fingerprint density at radius 1 is 1.20 bits per heavy atom. The summed E-state index contributed by atoms with van der Waals surface area (Å²) < 4.78 is 16.0. The number of pyridine rings is 1. The van der Waals surface area contributed by atoms with Crippen LogP contribution in [0, 0.1) is 10.8 Å². The van der Waals surface area contributed by atoms with E-state index in [4.69, 9.17) is 30.8 Å². The number of hydrogen-bond donors (Lipinski definition) is 4. The Balaban J connectivity index is 1.93. The van der Waals surface area contributed by atoms with Crippen LogP contribution >= 0.6 is 0 Å². The topological polar surface area (TPSA) is 155 Å². The van der Waals surface area contributed by atoms with Gasteiger partial charge in [0.2, 0.25) is 0 Å². The molecule has 0 fully saturated rings. The van der Waals surface area contributed by atoms with Crippen LogP contribution in [0.3, 0.4) is 0 Å². The molecule has 1 aromatic heterocycles. The van der Waals surface area contributed by atoms with Crippen molar-refractivity contribution in [3.8, 4) is 17.2 Å². The van der Waals surface area contributed by atoms with Crippen LogP contribution in [-0.4, -0.2) is 60.5 Å². The molecule has 0 bridgehead atoms. The van der Waals surface area contributed by atoms with Crippen LogP contribution in [0.15, 0.2) is 30.3 Å². The van der Waals surface area contributed by atoms with Crippen molar-refractivity contribution in [2.75, 3.05) is 33.1 Å². The SMILES string of the molecule is COc1cc(OCCCCN(C=N)C(=N)c2cccc(N)n2)c(C(=O)O)cc1OC. The molecule has 0 saturated heterocycles. The minimum atomic E-state index is -1.14. The highest BCUT2D eigenvalue weighted by molar-refractivity contribution is 6.00. The van der Waals surface area contributed by atoms with Gasteiger partial charge in [0, 0.05) is 18.7 Å². The number of nitrogens with zero attached hydrogens (tertiary/aromatic N) is 2. The summed E-state index contributed by atoms with van der Waals surface area (Å²) in [7, 11) is 2.88. The molecule has 2 aromatic rings. The van der Waals surface area contributed by atoms with Gasteiger partial charge in [-0.25, -0.2) is 9.78 Å². The number of carbonyl (C=O) groups is 1. The van der Waals surface area contributed by atoms with Crippen molar-refractivity contribution < 1.29 is 24.1 Å². The van der Waals surface area contributed by atoms with E-state index in [1.165, 1.54) is 31.3 Å². The second kappa shape index (κ2) is 10.6. The largest absolute Gasteiger partial charge is 0.493 e. The normalized spacial score (nSPS) is 10.2. The highest BCUT2D eigenvalue weighted by Crippen LogP contribution is 2.34. The molecule has 0 spiro atoms. The average Bonchev–Trinajstić information content (AvgIpc) is 2.75. The lowest BCUT2D eigenvalue weighted by Gasteiger charge is -2.19. The molecule has 0 unspecified atom stereocenters. The molecule has 1 aromatic carbocycles. The number of aromatic carboxylic acids is 1. The fourth-order valence-corrected chi connectivity index (χ4v) is 2.68. The Kier molecular flexibility index (Phi) is 7.98. The lowest BCUT2D eigenvalue weighted by Crippen LogP contribution is -2.31. The number of amidine groups is 1. The highest BCUT2D eigenvalue weighted by atomic mass is 16.5. The molecule has 0 aliphatic heterocycles. The van der Waals surface area contributed by atoms with Crippen LogP contribution in [0.1, 0.15) is 28.9 Å². The molecule has 10 nitrogen and oxygen atoms in total. The maximum Gasteiger partial charge on any atom is 0.339 e. The summed E-state index contributed by atoms with van der Waals surface area (Å²) >= 11 is 0. The number of nitrogens with one attached hydrogen (secondary N) is 2. The van der Waals surface area contributed by atoms with Crippen LogP contribution < -0.4 is 19.9 Å². The van der Waals surface area contributed by atoms with Crippen molar-refractivity contribution in [2.24, 2.45) is 0 Å². The Bertz CT molecular complexity index is 918. The van der Waals surface area contributed by atoms with E-state index in [2.05, 4.69) is 4.98 Å². The van der Waals surface area contributed by atoms with Gasteiger partial charge < -0.3 is 30.0 Å². The third kappa shape index (κ3) is 5.60. The Hall–Kier alpha value is -3.82. The lowest BCUT2D eigenvalue weighted by molar-refractivity contribution is 0.0691. The molecule has 10 heteroatoms. The highest BCUT2D eigenvalue weighted by Gasteiger charge is 2.17. The van der Waals surface area contributed by atoms with Gasteiger partial charge in [0.15, 0.2) is 17.3 Å². The third-order valence-corrected chi connectivity index (χ3v) is 4.22. The molecular weight excluding hydrogens is 390 g/mol. The molecule has 0 saturated carbocycles. The zero-order valence-electron chi connectivity index (χ0n) is 16.8. The first-order valence-electron chi connectivity index (χ1n) is 9.12. The lowest BCUT2D eigenvalue weighted by atomic mass is 10.1. The molecule has 0 amide bonds. The molecule has 2 rings (SSSR count). The van der Waals surface area contributed by atoms with Gasteiger partial charge >= 0.3 is 5.97 Å². The Labute approximate surface area is 174 Å². The summed E-state index contributed by atoms with van der Waals surface area (Å²) in [5.74, 6) is 0.101. The van der Waals surface area contributed by atoms with Crippen LogP contribution in [0.5, 0.6) is 17.2 Å². The van der Waals surface area contributed by atoms with Gasteiger partial charge in [-0.1, -0.05) is 6.07 Å². The molecule has 160 valence electrons. The summed E-state index contributed by atoms with van der Waals surface area (Å²) in [4.78, 5) is 17.0. The smallest absolute Gasteiger partial charge is 0.339 e. The number of nitrogen functional groups attached to an aromatic ring is 1. The van der Waals surface area contributed by atoms with E-state index in [-0.39, 0.29) is 23.8 Å². The van der Waals surface area contributed by atoms with Crippen molar-refractivity contribution in [3.05, 3.63) is 41.6 Å². The standard InChI is InChI=1S/C20H25N5O5/c1-28-16-10-13(20(26)27)15(11-17(16)29-2)30-9-4-3-8-25(12-21)19(23)14-6-5-7-18(22)24-14/h5-7,10-12,21,23H,3-4,8-9H2,1-2H3,(H2,22,24)(H,26,27). The number of anilines is 1. The number of ether oxygens (including phenoxy) is 3. The van der Waals surface area contributed by atoms with Gasteiger partial charge in [-0.2, -0.15) is 0 Å². The minimum Gasteiger partial charge on any atom is -0.493 e. The molecule has 0 atom stereocenters. The number of nitrogens with two attached hydrogens (primary N) is 1. The fraction of sp³-hybridized carbons (Fsp3) is 0.300. The molecule has 0 radical (unpaired) electrons. The van der Waals surface area contributed by atoms with E-state index < -0.39 is 5.97 Å². The van der Waals surface area contributed by atoms with Gasteiger partial charge in [-0.15, -0.1) is 0 Å². The second-order valence-electron chi connectivity index (χ2n) is 6.18. The summed E-state index contributed by atoms with van der Waals surface area (Å²) in [6, 6.07) is 7.82. The zero-order valence-corrected chi connectivity index (χ0v) is 16.8. The van der Waals surface area contributed by atoms with E-state index in [1.807, 2.05) is 0 Å². The van der Waals surface area contributed by atoms with Gasteiger partial charge in [0.05, 0.1) is 27.2 Å². The van der Waals surface area contributed by atoms with E-state index in [1.54, 1.807) is 18.2 Å². The minimum absolute atomic E-state index is 0.0247. The van der Waals surface area contributed by atoms with E-state index in [0.29, 0.717) is 42.4 Å². The van der Waals surface area contributed by atoms with Crippen molar-refractivity contribution in [2.45, 2.75) is 12.8 Å². The predicted molar refractivity (Wildman–Crippen MR) is 112 cm³/mol. The summed E-state index contributed by atoms with van der Waals surface area (Å²) in [5, 5.41) is 25.1. The molecule has 0 aliphatic rings. The second-order valence-corrected chi connectivity index (χ2v) is 6.18. The molecular formula is C20H25N5O5.